The molecule has 0 radical (unpaired) electrons. The van der Waals surface area contributed by atoms with Gasteiger partial charge in [-0.2, -0.15) is 0 Å². The molecule has 2 fully saturated rings. The number of amides is 1. The van der Waals surface area contributed by atoms with E-state index in [1.165, 1.54) is 6.42 Å². The summed E-state index contributed by atoms with van der Waals surface area (Å²) in [6.07, 6.45) is 8.34. The summed E-state index contributed by atoms with van der Waals surface area (Å²) in [6, 6.07) is 0. The van der Waals surface area contributed by atoms with E-state index in [4.69, 9.17) is 6.42 Å². The van der Waals surface area contributed by atoms with Crippen molar-refractivity contribution in [3.05, 3.63) is 0 Å². The van der Waals surface area contributed by atoms with Crippen LogP contribution in [0.4, 0.5) is 0 Å². The van der Waals surface area contributed by atoms with Gasteiger partial charge in [0.1, 0.15) is 0 Å². The van der Waals surface area contributed by atoms with Crippen LogP contribution in [0.25, 0.3) is 0 Å². The quantitative estimate of drug-likeness (QED) is 0.734. The SMILES string of the molecule is C#CCN1CCN(C(=O)CNC2(CO)CC(C)CC(C)(C)C2)CC1. The number of hydrogen-bond donors (Lipinski definition) is 2. The summed E-state index contributed by atoms with van der Waals surface area (Å²) in [7, 11) is 0. The number of hydrogen-bond acceptors (Lipinski definition) is 4. The van der Waals surface area contributed by atoms with Gasteiger partial charge in [0.15, 0.2) is 0 Å². The molecule has 2 atom stereocenters. The van der Waals surface area contributed by atoms with Crippen molar-refractivity contribution < 1.29 is 9.90 Å². The summed E-state index contributed by atoms with van der Waals surface area (Å²) in [6.45, 7) is 10.9. The molecule has 0 aromatic rings. The second kappa shape index (κ2) is 7.86. The minimum Gasteiger partial charge on any atom is -0.394 e. The molecule has 2 N–H and O–H groups in total. The Morgan fingerprint density at radius 1 is 1.29 bits per heavy atom. The third kappa shape index (κ3) is 4.95. The normalized spacial score (nSPS) is 30.8. The number of piperazine rings is 1. The summed E-state index contributed by atoms with van der Waals surface area (Å²) in [4.78, 5) is 16.6. The molecule has 1 aliphatic heterocycles. The van der Waals surface area contributed by atoms with Crippen molar-refractivity contribution in [2.75, 3.05) is 45.9 Å². The standard InChI is InChI=1S/C19H33N3O2/c1-5-6-21-7-9-22(10-8-21)17(24)13-20-19(15-23)12-16(2)11-18(3,4)14-19/h1,16,20,23H,6-15H2,2-4H3. The number of carbonyl (C=O) groups is 1. The van der Waals surface area contributed by atoms with E-state index in [1.54, 1.807) is 0 Å². The van der Waals surface area contributed by atoms with Crippen LogP contribution in [-0.4, -0.2) is 72.2 Å². The van der Waals surface area contributed by atoms with Gasteiger partial charge in [-0.15, -0.1) is 6.42 Å². The van der Waals surface area contributed by atoms with Crippen molar-refractivity contribution in [3.8, 4) is 12.3 Å². The lowest BCUT2D eigenvalue weighted by Crippen LogP contribution is -2.58. The van der Waals surface area contributed by atoms with E-state index in [-0.39, 0.29) is 23.5 Å². The highest BCUT2D eigenvalue weighted by atomic mass is 16.3. The van der Waals surface area contributed by atoms with E-state index >= 15 is 0 Å². The Morgan fingerprint density at radius 2 is 1.96 bits per heavy atom. The average Bonchev–Trinajstić information content (AvgIpc) is 2.52. The second-order valence-corrected chi connectivity index (χ2v) is 8.51. The van der Waals surface area contributed by atoms with Crippen LogP contribution in [-0.2, 0) is 4.79 Å². The Kier molecular flexibility index (Phi) is 6.30. The monoisotopic (exact) mass is 335 g/mol. The summed E-state index contributed by atoms with van der Waals surface area (Å²) in [5, 5.41) is 13.4. The Labute approximate surface area is 146 Å². The van der Waals surface area contributed by atoms with Crippen LogP contribution in [0.15, 0.2) is 0 Å². The first-order valence-electron chi connectivity index (χ1n) is 9.09. The zero-order valence-corrected chi connectivity index (χ0v) is 15.5. The van der Waals surface area contributed by atoms with E-state index in [1.807, 2.05) is 4.90 Å². The van der Waals surface area contributed by atoms with E-state index in [2.05, 4.69) is 36.9 Å². The molecule has 0 bridgehead atoms. The molecule has 0 aromatic heterocycles. The van der Waals surface area contributed by atoms with Crippen LogP contribution in [0.3, 0.4) is 0 Å². The minimum atomic E-state index is -0.331. The van der Waals surface area contributed by atoms with Crippen LogP contribution in [0.2, 0.25) is 0 Å². The van der Waals surface area contributed by atoms with E-state index < -0.39 is 0 Å². The molecule has 0 spiro atoms. The van der Waals surface area contributed by atoms with Gasteiger partial charge in [0, 0.05) is 31.7 Å². The van der Waals surface area contributed by atoms with Gasteiger partial charge in [-0.3, -0.25) is 9.69 Å². The van der Waals surface area contributed by atoms with Crippen LogP contribution >= 0.6 is 0 Å². The van der Waals surface area contributed by atoms with E-state index in [0.29, 0.717) is 19.0 Å². The predicted molar refractivity (Wildman–Crippen MR) is 96.5 cm³/mol. The number of aliphatic hydroxyl groups is 1. The molecule has 1 amide bonds. The molecule has 1 saturated heterocycles. The van der Waals surface area contributed by atoms with Crippen LogP contribution in [0.1, 0.15) is 40.0 Å². The van der Waals surface area contributed by atoms with Gasteiger partial charge >= 0.3 is 0 Å². The molecule has 2 aliphatic rings. The van der Waals surface area contributed by atoms with Gasteiger partial charge in [0.25, 0.3) is 0 Å². The first-order chi connectivity index (χ1) is 11.3. The number of rotatable bonds is 5. The number of nitrogens with zero attached hydrogens (tertiary/aromatic N) is 2. The van der Waals surface area contributed by atoms with E-state index in [0.717, 1.165) is 39.0 Å². The van der Waals surface area contributed by atoms with Crippen molar-refractivity contribution in [1.29, 1.82) is 0 Å². The lowest BCUT2D eigenvalue weighted by molar-refractivity contribution is -0.132. The maximum absolute atomic E-state index is 12.5. The third-order valence-corrected chi connectivity index (χ3v) is 5.41. The first kappa shape index (κ1) is 19.2. The Morgan fingerprint density at radius 3 is 2.50 bits per heavy atom. The van der Waals surface area contributed by atoms with Gasteiger partial charge in [-0.1, -0.05) is 26.7 Å². The van der Waals surface area contributed by atoms with Crippen molar-refractivity contribution in [3.63, 3.8) is 0 Å². The highest BCUT2D eigenvalue weighted by Gasteiger charge is 2.42. The highest BCUT2D eigenvalue weighted by Crippen LogP contribution is 2.43. The Hall–Kier alpha value is -1.09. The lowest BCUT2D eigenvalue weighted by Gasteiger charge is -2.47. The maximum Gasteiger partial charge on any atom is 0.236 e. The molecule has 0 aromatic carbocycles. The lowest BCUT2D eigenvalue weighted by atomic mass is 9.64. The van der Waals surface area contributed by atoms with Gasteiger partial charge in [0.2, 0.25) is 5.91 Å². The number of carbonyl (C=O) groups excluding carboxylic acids is 1. The van der Waals surface area contributed by atoms with Crippen LogP contribution < -0.4 is 5.32 Å². The average molecular weight is 335 g/mol. The molecule has 1 saturated carbocycles. The van der Waals surface area contributed by atoms with Crippen molar-refractivity contribution >= 4 is 5.91 Å². The number of aliphatic hydroxyl groups excluding tert-OH is 1. The molecule has 24 heavy (non-hydrogen) atoms. The fourth-order valence-electron chi connectivity index (χ4n) is 4.71. The number of terminal acetylenes is 1. The highest BCUT2D eigenvalue weighted by molar-refractivity contribution is 5.78. The summed E-state index contributed by atoms with van der Waals surface area (Å²) in [5.41, 5.74) is -0.139. The largest absolute Gasteiger partial charge is 0.394 e. The summed E-state index contributed by atoms with van der Waals surface area (Å²) < 4.78 is 0. The molecule has 2 unspecified atom stereocenters. The van der Waals surface area contributed by atoms with Gasteiger partial charge in [0.05, 0.1) is 19.7 Å². The van der Waals surface area contributed by atoms with Crippen LogP contribution in [0.5, 0.6) is 0 Å². The molecule has 5 heteroatoms. The zero-order valence-electron chi connectivity index (χ0n) is 15.5. The number of nitrogens with one attached hydrogen (secondary N) is 1. The molecule has 1 heterocycles. The molecule has 5 nitrogen and oxygen atoms in total. The molecular weight excluding hydrogens is 302 g/mol. The Bertz CT molecular complexity index is 477. The fourth-order valence-corrected chi connectivity index (χ4v) is 4.71. The Balaban J connectivity index is 1.87. The third-order valence-electron chi connectivity index (χ3n) is 5.41. The topological polar surface area (TPSA) is 55.8 Å². The molecular formula is C19H33N3O2. The predicted octanol–water partition coefficient (Wildman–Crippen LogP) is 0.931. The molecule has 2 rings (SSSR count). The van der Waals surface area contributed by atoms with Gasteiger partial charge in [-0.25, -0.2) is 0 Å². The first-order valence-corrected chi connectivity index (χ1v) is 9.09. The smallest absolute Gasteiger partial charge is 0.236 e. The maximum atomic E-state index is 12.5. The fraction of sp³-hybridized carbons (Fsp3) is 0.842. The second-order valence-electron chi connectivity index (χ2n) is 8.51. The minimum absolute atomic E-state index is 0.0873. The van der Waals surface area contributed by atoms with Gasteiger partial charge in [-0.05, 0) is 30.6 Å². The van der Waals surface area contributed by atoms with Crippen molar-refractivity contribution in [1.82, 2.24) is 15.1 Å². The van der Waals surface area contributed by atoms with Gasteiger partial charge < -0.3 is 15.3 Å². The van der Waals surface area contributed by atoms with Crippen molar-refractivity contribution in [2.24, 2.45) is 11.3 Å². The van der Waals surface area contributed by atoms with E-state index in [9.17, 15) is 9.90 Å². The zero-order chi connectivity index (χ0) is 17.8. The van der Waals surface area contributed by atoms with Crippen LogP contribution in [0, 0.1) is 23.7 Å². The molecule has 136 valence electrons. The van der Waals surface area contributed by atoms with Crippen molar-refractivity contribution in [2.45, 2.75) is 45.6 Å². The molecule has 1 aliphatic carbocycles. The summed E-state index contributed by atoms with van der Waals surface area (Å²) >= 11 is 0. The summed E-state index contributed by atoms with van der Waals surface area (Å²) in [5.74, 6) is 3.33.